The fraction of sp³-hybridized carbons (Fsp3) is 0.385. The molecule has 0 amide bonds. The van der Waals surface area contributed by atoms with Crippen molar-refractivity contribution < 1.29 is 9.47 Å². The van der Waals surface area contributed by atoms with Crippen LogP contribution in [0.25, 0.3) is 5.57 Å². The maximum atomic E-state index is 6.35. The second-order valence-corrected chi connectivity index (χ2v) is 9.17. The van der Waals surface area contributed by atoms with Gasteiger partial charge in [0.2, 0.25) is 5.72 Å². The molecule has 0 saturated heterocycles. The smallest absolute Gasteiger partial charge is 0.205 e. The van der Waals surface area contributed by atoms with Gasteiger partial charge in [-0.05, 0) is 49.5 Å². The van der Waals surface area contributed by atoms with Crippen LogP contribution in [0.15, 0.2) is 88.8 Å². The molecule has 0 bridgehead atoms. The largest absolute Gasteiger partial charge is 0.497 e. The molecule has 170 valence electrons. The summed E-state index contributed by atoms with van der Waals surface area (Å²) >= 11 is 6.99. The predicted molar refractivity (Wildman–Crippen MR) is 139 cm³/mol. The topological polar surface area (TPSA) is 43.2 Å². The Balaban J connectivity index is 1.87. The van der Waals surface area contributed by atoms with Gasteiger partial charge in [-0.25, -0.2) is 0 Å². The molecule has 0 saturated carbocycles. The molecule has 0 heterocycles. The summed E-state index contributed by atoms with van der Waals surface area (Å²) in [5.74, 6) is 0.903. The van der Waals surface area contributed by atoms with E-state index in [2.05, 4.69) is 60.3 Å². The van der Waals surface area contributed by atoms with Crippen molar-refractivity contribution in [2.75, 3.05) is 23.9 Å². The quantitative estimate of drug-likeness (QED) is 0.140. The maximum absolute atomic E-state index is 6.35. The van der Waals surface area contributed by atoms with Crippen LogP contribution in [0.4, 0.5) is 5.69 Å². The highest BCUT2D eigenvalue weighted by molar-refractivity contribution is 9.09. The Hall–Kier alpha value is -1.76. The average Bonchev–Trinajstić information content (AvgIpc) is 2.85. The van der Waals surface area contributed by atoms with Crippen LogP contribution in [0.1, 0.15) is 37.7 Å². The van der Waals surface area contributed by atoms with Crippen molar-refractivity contribution in [2.24, 2.45) is 10.2 Å². The second-order valence-electron chi connectivity index (χ2n) is 7.58. The molecule has 0 radical (unpaired) electrons. The minimum absolute atomic E-state index is 0.521. The zero-order chi connectivity index (χ0) is 22.5. The van der Waals surface area contributed by atoms with Gasteiger partial charge in [0.05, 0.1) is 25.3 Å². The zero-order valence-corrected chi connectivity index (χ0v) is 21.4. The highest BCUT2D eigenvalue weighted by Crippen LogP contribution is 2.37. The lowest BCUT2D eigenvalue weighted by molar-refractivity contribution is -0.0188. The van der Waals surface area contributed by atoms with E-state index >= 15 is 0 Å². The van der Waals surface area contributed by atoms with E-state index in [1.54, 1.807) is 0 Å². The third-order valence-corrected chi connectivity index (χ3v) is 6.21. The minimum atomic E-state index is -0.870. The number of azo groups is 1. The second kappa shape index (κ2) is 13.7. The van der Waals surface area contributed by atoms with Crippen molar-refractivity contribution in [3.63, 3.8) is 0 Å². The fourth-order valence-corrected chi connectivity index (χ4v) is 4.16. The number of alkyl halides is 2. The van der Waals surface area contributed by atoms with E-state index < -0.39 is 5.72 Å². The van der Waals surface area contributed by atoms with Gasteiger partial charge in [-0.3, -0.25) is 0 Å². The molecule has 0 fully saturated rings. The van der Waals surface area contributed by atoms with Crippen molar-refractivity contribution >= 4 is 43.1 Å². The number of hydrogen-bond donors (Lipinski definition) is 0. The Labute approximate surface area is 208 Å². The number of ether oxygens (including phenoxy) is 2. The zero-order valence-electron chi connectivity index (χ0n) is 18.3. The van der Waals surface area contributed by atoms with Gasteiger partial charge in [0.15, 0.2) is 0 Å². The third kappa shape index (κ3) is 7.68. The summed E-state index contributed by atoms with van der Waals surface area (Å²) < 4.78 is 12.7. The normalized spacial score (nSPS) is 18.4. The van der Waals surface area contributed by atoms with E-state index in [1.165, 1.54) is 0 Å². The molecule has 0 aromatic heterocycles. The van der Waals surface area contributed by atoms with Gasteiger partial charge in [-0.1, -0.05) is 86.5 Å². The van der Waals surface area contributed by atoms with Gasteiger partial charge in [0.25, 0.3) is 0 Å². The molecule has 1 aliphatic rings. The average molecular weight is 562 g/mol. The molecule has 32 heavy (non-hydrogen) atoms. The fourth-order valence-electron chi connectivity index (χ4n) is 3.37. The molecule has 0 N–H and O–H groups in total. The van der Waals surface area contributed by atoms with Crippen LogP contribution in [0, 0.1) is 0 Å². The van der Waals surface area contributed by atoms with Gasteiger partial charge in [-0.15, -0.1) is 5.11 Å². The SMILES string of the molecule is BrCCCCOC1=C(c2ccccc2)C=CC(N=Nc2ccccc2)(OCCCCBr)C1. The van der Waals surface area contributed by atoms with Crippen LogP contribution in [-0.2, 0) is 9.47 Å². The predicted octanol–water partition coefficient (Wildman–Crippen LogP) is 8.22. The van der Waals surface area contributed by atoms with Crippen LogP contribution >= 0.6 is 31.9 Å². The standard InChI is InChI=1S/C26H30Br2N2O2/c27-17-7-9-19-31-25-21-26(32-20-10-8-18-28,30-29-23-13-5-2-6-14-23)16-15-24(25)22-11-3-1-4-12-22/h1-6,11-16H,7-10,17-21H2. The molecule has 3 rings (SSSR count). The minimum Gasteiger partial charge on any atom is -0.497 e. The summed E-state index contributed by atoms with van der Waals surface area (Å²) in [6.45, 7) is 1.28. The molecule has 0 spiro atoms. The summed E-state index contributed by atoms with van der Waals surface area (Å²) in [5, 5.41) is 11.1. The van der Waals surface area contributed by atoms with Crippen molar-refractivity contribution in [1.82, 2.24) is 0 Å². The van der Waals surface area contributed by atoms with Crippen molar-refractivity contribution in [1.29, 1.82) is 0 Å². The number of unbranched alkanes of at least 4 members (excludes halogenated alkanes) is 2. The molecule has 4 nitrogen and oxygen atoms in total. The van der Waals surface area contributed by atoms with Crippen molar-refractivity contribution in [2.45, 2.75) is 37.8 Å². The van der Waals surface area contributed by atoms with Crippen molar-refractivity contribution in [3.8, 4) is 0 Å². The molecule has 1 aliphatic carbocycles. The van der Waals surface area contributed by atoms with Crippen LogP contribution < -0.4 is 0 Å². The molecule has 1 atom stereocenters. The number of halogens is 2. The summed E-state index contributed by atoms with van der Waals surface area (Å²) in [4.78, 5) is 0. The Kier molecular flexibility index (Phi) is 10.7. The number of hydrogen-bond acceptors (Lipinski definition) is 4. The Morgan fingerprint density at radius 3 is 2.16 bits per heavy atom. The first-order chi connectivity index (χ1) is 15.8. The van der Waals surface area contributed by atoms with Crippen molar-refractivity contribution in [3.05, 3.63) is 84.1 Å². The first-order valence-corrected chi connectivity index (χ1v) is 13.3. The van der Waals surface area contributed by atoms with E-state index in [0.29, 0.717) is 19.6 Å². The highest BCUT2D eigenvalue weighted by Gasteiger charge is 2.35. The lowest BCUT2D eigenvalue weighted by Crippen LogP contribution is -2.31. The van der Waals surface area contributed by atoms with Gasteiger partial charge < -0.3 is 9.47 Å². The Morgan fingerprint density at radius 2 is 1.47 bits per heavy atom. The van der Waals surface area contributed by atoms with Crippen LogP contribution in [-0.4, -0.2) is 29.6 Å². The molecular weight excluding hydrogens is 532 g/mol. The summed E-state index contributed by atoms with van der Waals surface area (Å²) in [6, 6.07) is 20.1. The molecule has 6 heteroatoms. The van der Waals surface area contributed by atoms with Gasteiger partial charge in [0.1, 0.15) is 5.76 Å². The van der Waals surface area contributed by atoms with Gasteiger partial charge >= 0.3 is 0 Å². The highest BCUT2D eigenvalue weighted by atomic mass is 79.9. The number of nitrogens with zero attached hydrogens (tertiary/aromatic N) is 2. The first-order valence-electron chi connectivity index (χ1n) is 11.1. The monoisotopic (exact) mass is 560 g/mol. The third-order valence-electron chi connectivity index (χ3n) is 5.08. The van der Waals surface area contributed by atoms with E-state index in [0.717, 1.165) is 58.9 Å². The first kappa shape index (κ1) is 24.9. The number of rotatable bonds is 13. The number of benzene rings is 2. The number of allylic oxidation sites excluding steroid dienone is 2. The molecule has 0 aliphatic heterocycles. The molecule has 2 aromatic carbocycles. The van der Waals surface area contributed by atoms with E-state index in [-0.39, 0.29) is 0 Å². The van der Waals surface area contributed by atoms with E-state index in [4.69, 9.17) is 9.47 Å². The van der Waals surface area contributed by atoms with Gasteiger partial charge in [0, 0.05) is 16.2 Å². The Bertz CT molecular complexity index is 901. The van der Waals surface area contributed by atoms with Crippen LogP contribution in [0.2, 0.25) is 0 Å². The molecule has 2 aromatic rings. The summed E-state index contributed by atoms with van der Waals surface area (Å²) in [7, 11) is 0. The van der Waals surface area contributed by atoms with Gasteiger partial charge in [-0.2, -0.15) is 5.11 Å². The molecule has 1 unspecified atom stereocenters. The van der Waals surface area contributed by atoms with Crippen LogP contribution in [0.3, 0.4) is 0 Å². The summed E-state index contributed by atoms with van der Waals surface area (Å²) in [5.41, 5.74) is 2.15. The maximum Gasteiger partial charge on any atom is 0.205 e. The molecular formula is C26H30Br2N2O2. The lowest BCUT2D eigenvalue weighted by atomic mass is 9.93. The van der Waals surface area contributed by atoms with Crippen LogP contribution in [0.5, 0.6) is 0 Å². The Morgan fingerprint density at radius 1 is 0.812 bits per heavy atom. The lowest BCUT2D eigenvalue weighted by Gasteiger charge is -2.31. The van der Waals surface area contributed by atoms with E-state index in [1.807, 2.05) is 54.6 Å². The van der Waals surface area contributed by atoms with E-state index in [9.17, 15) is 0 Å². The summed E-state index contributed by atoms with van der Waals surface area (Å²) in [6.07, 6.45) is 8.70.